The highest BCUT2D eigenvalue weighted by Crippen LogP contribution is 2.06. The van der Waals surface area contributed by atoms with E-state index >= 15 is 0 Å². The second-order valence-corrected chi connectivity index (χ2v) is 2.66. The van der Waals surface area contributed by atoms with E-state index < -0.39 is 0 Å². The summed E-state index contributed by atoms with van der Waals surface area (Å²) in [6.45, 7) is 3.95. The molecule has 2 N–H and O–H groups in total. The zero-order chi connectivity index (χ0) is 6.10. The summed E-state index contributed by atoms with van der Waals surface area (Å²) < 4.78 is 5.27. The Morgan fingerprint density at radius 3 is 1.82 bits per heavy atom. The third kappa shape index (κ3) is 2.46. The number of ether oxygens (including phenoxy) is 1. The van der Waals surface area contributed by atoms with E-state index in [1.807, 2.05) is 0 Å². The second kappa shape index (κ2) is 5.17. The van der Waals surface area contributed by atoms with Gasteiger partial charge < -0.3 is 15.4 Å². The van der Waals surface area contributed by atoms with Crippen LogP contribution in [-0.2, 0) is 4.74 Å². The Morgan fingerprint density at radius 1 is 0.909 bits per heavy atom. The first-order valence-electron chi connectivity index (χ1n) is 3.51. The first-order chi connectivity index (χ1) is 4.47. The van der Waals surface area contributed by atoms with E-state index in [1.54, 1.807) is 0 Å². The lowest BCUT2D eigenvalue weighted by Crippen LogP contribution is -2.55. The summed E-state index contributed by atoms with van der Waals surface area (Å²) in [5, 5.41) is 6.79. The predicted octanol–water partition coefficient (Wildman–Crippen LogP) is -0.210. The van der Waals surface area contributed by atoms with Crippen molar-refractivity contribution >= 4 is 24.8 Å². The Kier molecular flexibility index (Phi) is 5.38. The van der Waals surface area contributed by atoms with Gasteiger partial charge in [-0.25, -0.2) is 0 Å². The largest absolute Gasteiger partial charge is 0.378 e. The molecule has 2 aliphatic heterocycles. The highest BCUT2D eigenvalue weighted by Gasteiger charge is 2.29. The molecule has 0 bridgehead atoms. The van der Waals surface area contributed by atoms with Gasteiger partial charge >= 0.3 is 0 Å². The van der Waals surface area contributed by atoms with Gasteiger partial charge in [-0.2, -0.15) is 0 Å². The third-order valence-corrected chi connectivity index (χ3v) is 2.02. The van der Waals surface area contributed by atoms with Crippen molar-refractivity contribution < 1.29 is 4.74 Å². The van der Waals surface area contributed by atoms with Gasteiger partial charge in [-0.3, -0.25) is 0 Å². The van der Waals surface area contributed by atoms with Crippen molar-refractivity contribution in [3.63, 3.8) is 0 Å². The second-order valence-electron chi connectivity index (χ2n) is 2.66. The minimum absolute atomic E-state index is 0. The monoisotopic (exact) mass is 200 g/mol. The van der Waals surface area contributed by atoms with Crippen molar-refractivity contribution in [3.05, 3.63) is 0 Å². The molecule has 0 amide bonds. The molecule has 11 heavy (non-hydrogen) atoms. The SMILES string of the molecule is C1CN[C@@H]2COC[C@@H]2N1.Cl.Cl. The molecule has 2 heterocycles. The summed E-state index contributed by atoms with van der Waals surface area (Å²) in [5.74, 6) is 0. The van der Waals surface area contributed by atoms with Crippen molar-refractivity contribution in [1.29, 1.82) is 0 Å². The summed E-state index contributed by atoms with van der Waals surface area (Å²) in [4.78, 5) is 0. The Morgan fingerprint density at radius 2 is 1.36 bits per heavy atom. The van der Waals surface area contributed by atoms with Crippen LogP contribution in [0.3, 0.4) is 0 Å². The van der Waals surface area contributed by atoms with Crippen LogP contribution in [0.1, 0.15) is 0 Å². The van der Waals surface area contributed by atoms with E-state index in [2.05, 4.69) is 10.6 Å². The Bertz CT molecular complexity index is 103. The van der Waals surface area contributed by atoms with Gasteiger partial charge in [0, 0.05) is 25.2 Å². The fourth-order valence-electron chi connectivity index (χ4n) is 1.47. The number of piperazine rings is 1. The molecular formula is C6H14Cl2N2O. The minimum atomic E-state index is 0. The van der Waals surface area contributed by atoms with Gasteiger partial charge in [0.2, 0.25) is 0 Å². The van der Waals surface area contributed by atoms with Crippen LogP contribution in [0.5, 0.6) is 0 Å². The molecule has 0 aromatic rings. The van der Waals surface area contributed by atoms with E-state index in [-0.39, 0.29) is 24.8 Å². The Labute approximate surface area is 79.1 Å². The van der Waals surface area contributed by atoms with Crippen LogP contribution < -0.4 is 10.6 Å². The van der Waals surface area contributed by atoms with Crippen LogP contribution in [0.4, 0.5) is 0 Å². The highest BCUT2D eigenvalue weighted by atomic mass is 35.5. The zero-order valence-electron chi connectivity index (χ0n) is 6.21. The predicted molar refractivity (Wildman–Crippen MR) is 48.9 cm³/mol. The Hall–Kier alpha value is 0.460. The van der Waals surface area contributed by atoms with E-state index in [0.29, 0.717) is 12.1 Å². The average molecular weight is 201 g/mol. The van der Waals surface area contributed by atoms with Crippen LogP contribution >= 0.6 is 24.8 Å². The van der Waals surface area contributed by atoms with Gasteiger partial charge in [0.1, 0.15) is 0 Å². The summed E-state index contributed by atoms with van der Waals surface area (Å²) in [6.07, 6.45) is 0. The third-order valence-electron chi connectivity index (χ3n) is 2.02. The lowest BCUT2D eigenvalue weighted by atomic mass is 10.1. The molecule has 0 aromatic heterocycles. The van der Waals surface area contributed by atoms with Gasteiger partial charge in [-0.05, 0) is 0 Å². The molecule has 2 atom stereocenters. The molecule has 0 aromatic carbocycles. The first-order valence-corrected chi connectivity index (χ1v) is 3.51. The molecular weight excluding hydrogens is 187 g/mol. The maximum atomic E-state index is 5.27. The number of nitrogens with one attached hydrogen (secondary N) is 2. The number of hydrogen-bond acceptors (Lipinski definition) is 3. The number of fused-ring (bicyclic) bond motifs is 1. The van der Waals surface area contributed by atoms with Gasteiger partial charge in [-0.1, -0.05) is 0 Å². The van der Waals surface area contributed by atoms with Crippen LogP contribution in [0, 0.1) is 0 Å². The van der Waals surface area contributed by atoms with Gasteiger partial charge in [-0.15, -0.1) is 24.8 Å². The smallest absolute Gasteiger partial charge is 0.0636 e. The van der Waals surface area contributed by atoms with Crippen LogP contribution in [-0.4, -0.2) is 38.4 Å². The molecule has 2 fully saturated rings. The molecule has 68 valence electrons. The van der Waals surface area contributed by atoms with Gasteiger partial charge in [0.15, 0.2) is 0 Å². The molecule has 0 saturated carbocycles. The van der Waals surface area contributed by atoms with E-state index in [1.165, 1.54) is 0 Å². The molecule has 3 nitrogen and oxygen atoms in total. The molecule has 0 unspecified atom stereocenters. The van der Waals surface area contributed by atoms with Gasteiger partial charge in [0.05, 0.1) is 13.2 Å². The first kappa shape index (κ1) is 11.5. The fourth-order valence-corrected chi connectivity index (χ4v) is 1.47. The fraction of sp³-hybridized carbons (Fsp3) is 1.00. The molecule has 0 spiro atoms. The van der Waals surface area contributed by atoms with E-state index in [0.717, 1.165) is 26.3 Å². The number of hydrogen-bond donors (Lipinski definition) is 2. The molecule has 0 aliphatic carbocycles. The van der Waals surface area contributed by atoms with Crippen molar-refractivity contribution in [3.8, 4) is 0 Å². The van der Waals surface area contributed by atoms with E-state index in [4.69, 9.17) is 4.74 Å². The number of halogens is 2. The lowest BCUT2D eigenvalue weighted by molar-refractivity contribution is 0.188. The Balaban J connectivity index is 0.000000500. The molecule has 2 rings (SSSR count). The molecule has 2 aliphatic rings. The topological polar surface area (TPSA) is 33.3 Å². The van der Waals surface area contributed by atoms with Crippen LogP contribution in [0.25, 0.3) is 0 Å². The average Bonchev–Trinajstić information content (AvgIpc) is 2.33. The summed E-state index contributed by atoms with van der Waals surface area (Å²) in [5.41, 5.74) is 0. The minimum Gasteiger partial charge on any atom is -0.378 e. The van der Waals surface area contributed by atoms with E-state index in [9.17, 15) is 0 Å². The quantitative estimate of drug-likeness (QED) is 0.569. The summed E-state index contributed by atoms with van der Waals surface area (Å²) >= 11 is 0. The molecule has 0 radical (unpaired) electrons. The van der Waals surface area contributed by atoms with Crippen molar-refractivity contribution in [2.45, 2.75) is 12.1 Å². The molecule has 2 saturated heterocycles. The van der Waals surface area contributed by atoms with Crippen LogP contribution in [0.15, 0.2) is 0 Å². The zero-order valence-corrected chi connectivity index (χ0v) is 7.84. The van der Waals surface area contributed by atoms with Crippen LogP contribution in [0.2, 0.25) is 0 Å². The van der Waals surface area contributed by atoms with Crippen molar-refractivity contribution in [2.75, 3.05) is 26.3 Å². The summed E-state index contributed by atoms with van der Waals surface area (Å²) in [6, 6.07) is 1.16. The van der Waals surface area contributed by atoms with Gasteiger partial charge in [0.25, 0.3) is 0 Å². The number of rotatable bonds is 0. The van der Waals surface area contributed by atoms with Crippen molar-refractivity contribution in [2.24, 2.45) is 0 Å². The highest BCUT2D eigenvalue weighted by molar-refractivity contribution is 5.85. The lowest BCUT2D eigenvalue weighted by Gasteiger charge is -2.25. The molecule has 5 heteroatoms. The van der Waals surface area contributed by atoms with Crippen molar-refractivity contribution in [1.82, 2.24) is 10.6 Å². The summed E-state index contributed by atoms with van der Waals surface area (Å²) in [7, 11) is 0. The maximum absolute atomic E-state index is 5.27. The normalized spacial score (nSPS) is 34.9. The maximum Gasteiger partial charge on any atom is 0.0636 e. The standard InChI is InChI=1S/C6H12N2O.2ClH/c1-2-8-6-4-9-3-5(6)7-1;;/h5-8H,1-4H2;2*1H/t5-,6+;;.